The maximum Gasteiger partial charge on any atom is 0.191 e. The molecule has 0 saturated carbocycles. The van der Waals surface area contributed by atoms with Gasteiger partial charge in [0.25, 0.3) is 0 Å². The second-order valence-corrected chi connectivity index (χ2v) is 5.95. The molecule has 20 heavy (non-hydrogen) atoms. The third-order valence-electron chi connectivity index (χ3n) is 2.26. The molecule has 116 valence electrons. The van der Waals surface area contributed by atoms with Crippen LogP contribution in [0.15, 0.2) is 10.4 Å². The molecular weight excluding hydrogens is 405 g/mol. The first-order chi connectivity index (χ1) is 9.17. The van der Waals surface area contributed by atoms with E-state index in [2.05, 4.69) is 39.2 Å². The van der Waals surface area contributed by atoms with Gasteiger partial charge < -0.3 is 15.5 Å². The van der Waals surface area contributed by atoms with Gasteiger partial charge in [0.05, 0.1) is 12.2 Å². The van der Waals surface area contributed by atoms with E-state index < -0.39 is 0 Å². The third-order valence-corrected chi connectivity index (χ3v) is 3.93. The first-order valence-corrected chi connectivity index (χ1v) is 8.57. The highest BCUT2D eigenvalue weighted by Gasteiger charge is 2.03. The van der Waals surface area contributed by atoms with E-state index in [1.165, 1.54) is 0 Å². The van der Waals surface area contributed by atoms with Gasteiger partial charge in [-0.05, 0) is 13.2 Å². The summed E-state index contributed by atoms with van der Waals surface area (Å²) in [5.74, 6) is 1.93. The second kappa shape index (κ2) is 11.4. The first-order valence-electron chi connectivity index (χ1n) is 6.30. The average Bonchev–Trinajstić information content (AvgIpc) is 2.85. The zero-order valence-electron chi connectivity index (χ0n) is 12.5. The summed E-state index contributed by atoms with van der Waals surface area (Å²) >= 11 is 3.47. The van der Waals surface area contributed by atoms with Crippen LogP contribution in [-0.2, 0) is 6.54 Å². The monoisotopic (exact) mass is 429 g/mol. The molecule has 1 heterocycles. The van der Waals surface area contributed by atoms with Crippen LogP contribution < -0.4 is 15.5 Å². The number of halogens is 1. The molecule has 0 amide bonds. The maximum absolute atomic E-state index is 4.54. The van der Waals surface area contributed by atoms with E-state index >= 15 is 0 Å². The molecule has 5 nitrogen and oxygen atoms in total. The van der Waals surface area contributed by atoms with Crippen LogP contribution in [0.2, 0.25) is 0 Å². The Bertz CT molecular complexity index is 395. The summed E-state index contributed by atoms with van der Waals surface area (Å²) in [6.07, 6.45) is 2.10. The molecule has 0 unspecified atom stereocenters. The lowest BCUT2D eigenvalue weighted by molar-refractivity contribution is 0.838. The highest BCUT2D eigenvalue weighted by Crippen LogP contribution is 2.18. The number of thioether (sulfide) groups is 1. The highest BCUT2D eigenvalue weighted by atomic mass is 127. The molecule has 0 atom stereocenters. The van der Waals surface area contributed by atoms with Gasteiger partial charge in [0.2, 0.25) is 0 Å². The van der Waals surface area contributed by atoms with Gasteiger partial charge >= 0.3 is 0 Å². The van der Waals surface area contributed by atoms with E-state index in [-0.39, 0.29) is 24.0 Å². The summed E-state index contributed by atoms with van der Waals surface area (Å²) in [6, 6.07) is 0. The Morgan fingerprint density at radius 2 is 2.20 bits per heavy atom. The minimum atomic E-state index is 0. The van der Waals surface area contributed by atoms with Crippen LogP contribution in [0.5, 0.6) is 0 Å². The van der Waals surface area contributed by atoms with E-state index in [0.29, 0.717) is 6.54 Å². The molecule has 0 bridgehead atoms. The van der Waals surface area contributed by atoms with Gasteiger partial charge in [0.1, 0.15) is 0 Å². The quantitative estimate of drug-likeness (QED) is 0.302. The zero-order valence-corrected chi connectivity index (χ0v) is 16.4. The summed E-state index contributed by atoms with van der Waals surface area (Å²) in [7, 11) is 4.00. The lowest BCUT2D eigenvalue weighted by Gasteiger charge is -2.10. The molecule has 0 fully saturated rings. The van der Waals surface area contributed by atoms with Gasteiger partial charge in [-0.15, -0.1) is 35.3 Å². The van der Waals surface area contributed by atoms with Gasteiger partial charge in [0, 0.05) is 38.3 Å². The Kier molecular flexibility index (Phi) is 11.3. The number of nitrogens with zero attached hydrogens (tertiary/aromatic N) is 3. The fourth-order valence-corrected chi connectivity index (χ4v) is 2.40. The Balaban J connectivity index is 0.00000361. The fraction of sp³-hybridized carbons (Fsp3) is 0.667. The molecule has 0 aliphatic heterocycles. The predicted molar refractivity (Wildman–Crippen MR) is 103 cm³/mol. The van der Waals surface area contributed by atoms with Gasteiger partial charge in [-0.3, -0.25) is 0 Å². The SMILES string of the molecule is CCNC(=NCc1csc(N(C)C)n1)NCCSC.I. The van der Waals surface area contributed by atoms with E-state index in [1.54, 1.807) is 11.3 Å². The lowest BCUT2D eigenvalue weighted by atomic mass is 10.5. The Labute approximate surface area is 147 Å². The van der Waals surface area contributed by atoms with Crippen molar-refractivity contribution in [1.82, 2.24) is 15.6 Å². The fourth-order valence-electron chi connectivity index (χ4n) is 1.35. The van der Waals surface area contributed by atoms with E-state index in [4.69, 9.17) is 0 Å². The highest BCUT2D eigenvalue weighted by molar-refractivity contribution is 14.0. The van der Waals surface area contributed by atoms with E-state index in [1.807, 2.05) is 30.8 Å². The molecule has 1 aromatic rings. The first kappa shape index (κ1) is 19.8. The number of aromatic nitrogens is 1. The second-order valence-electron chi connectivity index (χ2n) is 4.13. The molecule has 0 aliphatic carbocycles. The van der Waals surface area contributed by atoms with Crippen LogP contribution in [0.4, 0.5) is 5.13 Å². The summed E-state index contributed by atoms with van der Waals surface area (Å²) in [4.78, 5) is 11.1. The maximum atomic E-state index is 4.54. The largest absolute Gasteiger partial charge is 0.357 e. The average molecular weight is 429 g/mol. The smallest absolute Gasteiger partial charge is 0.191 e. The number of guanidine groups is 1. The summed E-state index contributed by atoms with van der Waals surface area (Å²) in [6.45, 7) is 4.47. The van der Waals surface area contributed by atoms with E-state index in [0.717, 1.165) is 35.6 Å². The number of anilines is 1. The van der Waals surface area contributed by atoms with Crippen molar-refractivity contribution in [3.05, 3.63) is 11.1 Å². The Morgan fingerprint density at radius 3 is 2.75 bits per heavy atom. The number of rotatable bonds is 7. The number of hydrogen-bond acceptors (Lipinski definition) is 5. The molecule has 0 saturated heterocycles. The molecule has 0 spiro atoms. The standard InChI is InChI=1S/C12H23N5S2.HI/c1-5-13-11(14-6-7-18-4)15-8-10-9-19-12(16-10)17(2)3;/h9H,5-8H2,1-4H3,(H2,13,14,15);1H. The van der Waals surface area contributed by atoms with E-state index in [9.17, 15) is 0 Å². The third kappa shape index (κ3) is 7.53. The van der Waals surface area contributed by atoms with Gasteiger partial charge in [-0.2, -0.15) is 11.8 Å². The number of aliphatic imine (C=N–C) groups is 1. The summed E-state index contributed by atoms with van der Waals surface area (Å²) in [5.41, 5.74) is 1.01. The van der Waals surface area contributed by atoms with Crippen LogP contribution in [0.3, 0.4) is 0 Å². The van der Waals surface area contributed by atoms with Crippen LogP contribution in [0.1, 0.15) is 12.6 Å². The number of hydrogen-bond donors (Lipinski definition) is 2. The molecule has 2 N–H and O–H groups in total. The van der Waals surface area contributed by atoms with Crippen molar-refractivity contribution in [2.75, 3.05) is 44.1 Å². The van der Waals surface area contributed by atoms with Crippen LogP contribution >= 0.6 is 47.1 Å². The van der Waals surface area contributed by atoms with Crippen LogP contribution in [-0.4, -0.2) is 50.1 Å². The minimum absolute atomic E-state index is 0. The van der Waals surface area contributed by atoms with Crippen LogP contribution in [0, 0.1) is 0 Å². The van der Waals surface area contributed by atoms with Gasteiger partial charge in [0.15, 0.2) is 11.1 Å². The van der Waals surface area contributed by atoms with Crippen molar-refractivity contribution in [3.8, 4) is 0 Å². The molecule has 0 aromatic carbocycles. The van der Waals surface area contributed by atoms with Crippen molar-refractivity contribution in [3.63, 3.8) is 0 Å². The number of thiazole rings is 1. The van der Waals surface area contributed by atoms with Gasteiger partial charge in [-0.1, -0.05) is 0 Å². The van der Waals surface area contributed by atoms with Crippen LogP contribution in [0.25, 0.3) is 0 Å². The molecular formula is C12H24IN5S2. The van der Waals surface area contributed by atoms with Crippen molar-refractivity contribution in [2.45, 2.75) is 13.5 Å². The zero-order chi connectivity index (χ0) is 14.1. The minimum Gasteiger partial charge on any atom is -0.357 e. The number of nitrogens with one attached hydrogen (secondary N) is 2. The molecule has 1 aromatic heterocycles. The van der Waals surface area contributed by atoms with Gasteiger partial charge in [-0.25, -0.2) is 9.98 Å². The van der Waals surface area contributed by atoms with Crippen molar-refractivity contribution >= 4 is 58.2 Å². The molecule has 1 rings (SSSR count). The molecule has 0 aliphatic rings. The Morgan fingerprint density at radius 1 is 1.45 bits per heavy atom. The molecule has 0 radical (unpaired) electrons. The van der Waals surface area contributed by atoms with Crippen molar-refractivity contribution in [2.24, 2.45) is 4.99 Å². The molecule has 8 heteroatoms. The van der Waals surface area contributed by atoms with Crippen molar-refractivity contribution in [1.29, 1.82) is 0 Å². The summed E-state index contributed by atoms with van der Waals surface area (Å²) < 4.78 is 0. The summed E-state index contributed by atoms with van der Waals surface area (Å²) in [5, 5.41) is 9.62. The normalized spacial score (nSPS) is 10.9. The topological polar surface area (TPSA) is 52.6 Å². The predicted octanol–water partition coefficient (Wildman–Crippen LogP) is 2.25. The van der Waals surface area contributed by atoms with Crippen molar-refractivity contribution < 1.29 is 0 Å². The Hall–Kier alpha value is -0.220. The lowest BCUT2D eigenvalue weighted by Crippen LogP contribution is -2.38.